The molecule has 0 aliphatic heterocycles. The number of benzene rings is 1. The van der Waals surface area contributed by atoms with Crippen molar-refractivity contribution < 1.29 is 12.8 Å². The molecule has 0 heterocycles. The monoisotopic (exact) mass is 232 g/mol. The third kappa shape index (κ3) is 3.49. The van der Waals surface area contributed by atoms with Gasteiger partial charge in [-0.3, -0.25) is 4.72 Å². The molecule has 0 radical (unpaired) electrons. The molecule has 0 bridgehead atoms. The van der Waals surface area contributed by atoms with Crippen LogP contribution in [-0.4, -0.2) is 14.7 Å². The molecule has 0 aliphatic carbocycles. The number of halogens is 1. The minimum atomic E-state index is -3.45. The molecule has 0 amide bonds. The van der Waals surface area contributed by atoms with Gasteiger partial charge in [0, 0.05) is 6.04 Å². The Bertz CT molecular complexity index is 457. The van der Waals surface area contributed by atoms with Gasteiger partial charge in [0.1, 0.15) is 5.82 Å². The fourth-order valence-electron chi connectivity index (χ4n) is 1.10. The molecular weight excluding hydrogens is 219 g/mol. The predicted molar refractivity (Wildman–Crippen MR) is 57.5 cm³/mol. The van der Waals surface area contributed by atoms with Crippen LogP contribution in [0.4, 0.5) is 10.1 Å². The van der Waals surface area contributed by atoms with Crippen molar-refractivity contribution in [2.75, 3.05) is 11.0 Å². The number of sulfonamides is 1. The maximum absolute atomic E-state index is 13.4. The zero-order chi connectivity index (χ0) is 11.6. The lowest BCUT2D eigenvalue weighted by Gasteiger charge is -2.09. The molecule has 15 heavy (non-hydrogen) atoms. The van der Waals surface area contributed by atoms with Crippen molar-refractivity contribution in [1.29, 1.82) is 0 Å². The standard InChI is InChI=1S/C9H13FN2O2S/c1-6(11)7-3-4-9(8(10)5-7)12-15(2,13)14/h3-6,12H,11H2,1-2H3. The summed E-state index contributed by atoms with van der Waals surface area (Å²) in [5.41, 5.74) is 6.10. The van der Waals surface area contributed by atoms with Crippen LogP contribution < -0.4 is 10.5 Å². The summed E-state index contributed by atoms with van der Waals surface area (Å²) in [6, 6.07) is 3.88. The lowest BCUT2D eigenvalue weighted by Crippen LogP contribution is -2.12. The third-order valence-electron chi connectivity index (χ3n) is 1.81. The summed E-state index contributed by atoms with van der Waals surface area (Å²) in [4.78, 5) is 0. The third-order valence-corrected chi connectivity index (χ3v) is 2.40. The minimum Gasteiger partial charge on any atom is -0.324 e. The van der Waals surface area contributed by atoms with E-state index in [2.05, 4.69) is 4.72 Å². The quantitative estimate of drug-likeness (QED) is 0.823. The van der Waals surface area contributed by atoms with Crippen LogP contribution in [0.2, 0.25) is 0 Å². The first-order chi connectivity index (χ1) is 6.79. The molecule has 1 atom stereocenters. The number of anilines is 1. The van der Waals surface area contributed by atoms with E-state index in [9.17, 15) is 12.8 Å². The van der Waals surface area contributed by atoms with E-state index in [1.54, 1.807) is 13.0 Å². The number of nitrogens with one attached hydrogen (secondary N) is 1. The Kier molecular flexibility index (Phi) is 3.31. The van der Waals surface area contributed by atoms with Crippen molar-refractivity contribution in [1.82, 2.24) is 0 Å². The highest BCUT2D eigenvalue weighted by atomic mass is 32.2. The fourth-order valence-corrected chi connectivity index (χ4v) is 1.66. The van der Waals surface area contributed by atoms with Crippen molar-refractivity contribution in [3.63, 3.8) is 0 Å². The van der Waals surface area contributed by atoms with E-state index < -0.39 is 15.8 Å². The topological polar surface area (TPSA) is 72.2 Å². The van der Waals surface area contributed by atoms with Crippen molar-refractivity contribution in [3.05, 3.63) is 29.6 Å². The van der Waals surface area contributed by atoms with Gasteiger partial charge < -0.3 is 5.73 Å². The molecule has 1 aromatic carbocycles. The van der Waals surface area contributed by atoms with Crippen molar-refractivity contribution in [2.45, 2.75) is 13.0 Å². The predicted octanol–water partition coefficient (Wildman–Crippen LogP) is 1.22. The highest BCUT2D eigenvalue weighted by Gasteiger charge is 2.09. The maximum Gasteiger partial charge on any atom is 0.229 e. The van der Waals surface area contributed by atoms with Crippen LogP contribution in [0.3, 0.4) is 0 Å². The summed E-state index contributed by atoms with van der Waals surface area (Å²) >= 11 is 0. The Morgan fingerprint density at radius 3 is 2.47 bits per heavy atom. The second kappa shape index (κ2) is 4.16. The molecule has 1 aromatic rings. The zero-order valence-corrected chi connectivity index (χ0v) is 9.31. The largest absolute Gasteiger partial charge is 0.324 e. The highest BCUT2D eigenvalue weighted by Crippen LogP contribution is 2.19. The summed E-state index contributed by atoms with van der Waals surface area (Å²) in [6.45, 7) is 1.72. The maximum atomic E-state index is 13.4. The van der Waals surface area contributed by atoms with Gasteiger partial charge in [-0.15, -0.1) is 0 Å². The molecule has 4 nitrogen and oxygen atoms in total. The smallest absolute Gasteiger partial charge is 0.229 e. The Labute approximate surface area is 88.3 Å². The van der Waals surface area contributed by atoms with Crippen LogP contribution in [0, 0.1) is 5.82 Å². The van der Waals surface area contributed by atoms with Crippen LogP contribution in [0.5, 0.6) is 0 Å². The summed E-state index contributed by atoms with van der Waals surface area (Å²) < 4.78 is 37.2. The zero-order valence-electron chi connectivity index (χ0n) is 8.49. The molecule has 6 heteroatoms. The van der Waals surface area contributed by atoms with E-state index in [-0.39, 0.29) is 11.7 Å². The van der Waals surface area contributed by atoms with Crippen molar-refractivity contribution >= 4 is 15.7 Å². The Balaban J connectivity index is 3.04. The van der Waals surface area contributed by atoms with E-state index in [1.165, 1.54) is 12.1 Å². The van der Waals surface area contributed by atoms with E-state index in [4.69, 9.17) is 5.73 Å². The van der Waals surface area contributed by atoms with Crippen LogP contribution in [-0.2, 0) is 10.0 Å². The first-order valence-corrected chi connectivity index (χ1v) is 6.21. The van der Waals surface area contributed by atoms with Crippen LogP contribution in [0.1, 0.15) is 18.5 Å². The van der Waals surface area contributed by atoms with Gasteiger partial charge in [0.25, 0.3) is 0 Å². The van der Waals surface area contributed by atoms with E-state index in [1.807, 2.05) is 0 Å². The molecule has 0 saturated heterocycles. The molecule has 1 unspecified atom stereocenters. The van der Waals surface area contributed by atoms with Crippen molar-refractivity contribution in [2.24, 2.45) is 5.73 Å². The van der Waals surface area contributed by atoms with E-state index in [0.29, 0.717) is 5.56 Å². The lowest BCUT2D eigenvalue weighted by molar-refractivity contribution is 0.603. The molecule has 0 aliphatic rings. The minimum absolute atomic E-state index is 0.0677. The molecule has 3 N–H and O–H groups in total. The van der Waals surface area contributed by atoms with Gasteiger partial charge >= 0.3 is 0 Å². The Morgan fingerprint density at radius 1 is 1.47 bits per heavy atom. The van der Waals surface area contributed by atoms with Crippen molar-refractivity contribution in [3.8, 4) is 0 Å². The van der Waals surface area contributed by atoms with E-state index >= 15 is 0 Å². The molecule has 0 fully saturated rings. The SMILES string of the molecule is CC(N)c1ccc(NS(C)(=O)=O)c(F)c1. The van der Waals surface area contributed by atoms with E-state index in [0.717, 1.165) is 6.26 Å². The number of hydrogen-bond acceptors (Lipinski definition) is 3. The molecule has 0 saturated carbocycles. The highest BCUT2D eigenvalue weighted by molar-refractivity contribution is 7.92. The first-order valence-electron chi connectivity index (χ1n) is 4.32. The van der Waals surface area contributed by atoms with Crippen LogP contribution >= 0.6 is 0 Å². The van der Waals surface area contributed by atoms with Gasteiger partial charge in [0.15, 0.2) is 0 Å². The second-order valence-electron chi connectivity index (χ2n) is 3.40. The number of rotatable bonds is 3. The van der Waals surface area contributed by atoms with Gasteiger partial charge in [-0.25, -0.2) is 12.8 Å². The number of nitrogens with two attached hydrogens (primary N) is 1. The summed E-state index contributed by atoms with van der Waals surface area (Å²) in [7, 11) is -3.45. The van der Waals surface area contributed by atoms with Gasteiger partial charge in [0.2, 0.25) is 10.0 Å². The fraction of sp³-hybridized carbons (Fsp3) is 0.333. The first kappa shape index (κ1) is 11.9. The average Bonchev–Trinajstić information content (AvgIpc) is 2.05. The summed E-state index contributed by atoms with van der Waals surface area (Å²) in [5, 5.41) is 0. The Morgan fingerprint density at radius 2 is 2.07 bits per heavy atom. The normalized spacial score (nSPS) is 13.6. The molecule has 84 valence electrons. The summed E-state index contributed by atoms with van der Waals surface area (Å²) in [6.07, 6.45) is 0.964. The number of hydrogen-bond donors (Lipinski definition) is 2. The Hall–Kier alpha value is -1.14. The van der Waals surface area contributed by atoms with Crippen LogP contribution in [0.25, 0.3) is 0 Å². The summed E-state index contributed by atoms with van der Waals surface area (Å²) in [5.74, 6) is -0.629. The molecule has 0 aromatic heterocycles. The van der Waals surface area contributed by atoms with Gasteiger partial charge in [-0.2, -0.15) is 0 Å². The van der Waals surface area contributed by atoms with Gasteiger partial charge in [0.05, 0.1) is 11.9 Å². The van der Waals surface area contributed by atoms with Gasteiger partial charge in [-0.05, 0) is 24.6 Å². The average molecular weight is 232 g/mol. The molecule has 1 rings (SSSR count). The second-order valence-corrected chi connectivity index (χ2v) is 5.15. The van der Waals surface area contributed by atoms with Crippen LogP contribution in [0.15, 0.2) is 18.2 Å². The van der Waals surface area contributed by atoms with Gasteiger partial charge in [-0.1, -0.05) is 6.07 Å². The molecular formula is C9H13FN2O2S. The molecule has 0 spiro atoms. The lowest BCUT2D eigenvalue weighted by atomic mass is 10.1.